The van der Waals surface area contributed by atoms with E-state index < -0.39 is 0 Å². The van der Waals surface area contributed by atoms with E-state index in [4.69, 9.17) is 10.2 Å². The number of carbonyl (C=O) groups excluding carboxylic acids is 1. The summed E-state index contributed by atoms with van der Waals surface area (Å²) >= 11 is 0. The second-order valence-corrected chi connectivity index (χ2v) is 5.38. The molecule has 0 bridgehead atoms. The average Bonchev–Trinajstić information content (AvgIpc) is 3.06. The Hall–Kier alpha value is -1.29. The summed E-state index contributed by atoms with van der Waals surface area (Å²) in [6, 6.07) is 3.93. The largest absolute Gasteiger partial charge is 0.455 e. The van der Waals surface area contributed by atoms with Crippen LogP contribution in [0.1, 0.15) is 49.4 Å². The van der Waals surface area contributed by atoms with Gasteiger partial charge >= 0.3 is 0 Å². The number of furan rings is 1. The minimum atomic E-state index is 0.0119. The highest BCUT2D eigenvalue weighted by Gasteiger charge is 2.33. The van der Waals surface area contributed by atoms with Crippen molar-refractivity contribution in [1.82, 2.24) is 4.90 Å². The van der Waals surface area contributed by atoms with Gasteiger partial charge in [-0.2, -0.15) is 0 Å². The third-order valence-electron chi connectivity index (χ3n) is 3.27. The van der Waals surface area contributed by atoms with Crippen LogP contribution in [0.3, 0.4) is 0 Å². The summed E-state index contributed by atoms with van der Waals surface area (Å²) in [5.41, 5.74) is 5.49. The maximum absolute atomic E-state index is 12.4. The van der Waals surface area contributed by atoms with Crippen LogP contribution < -0.4 is 5.73 Å². The number of rotatable bonds is 6. The van der Waals surface area contributed by atoms with E-state index in [0.29, 0.717) is 30.0 Å². The van der Waals surface area contributed by atoms with Gasteiger partial charge in [0.15, 0.2) is 5.76 Å². The van der Waals surface area contributed by atoms with Gasteiger partial charge in [0.2, 0.25) is 0 Å². The fourth-order valence-corrected chi connectivity index (χ4v) is 1.98. The lowest BCUT2D eigenvalue weighted by Gasteiger charge is -2.22. The molecule has 2 N–H and O–H groups in total. The molecule has 1 aliphatic rings. The maximum Gasteiger partial charge on any atom is 0.289 e. The van der Waals surface area contributed by atoms with Crippen molar-refractivity contribution in [3.63, 3.8) is 0 Å². The van der Waals surface area contributed by atoms with Crippen LogP contribution in [0.25, 0.3) is 0 Å². The van der Waals surface area contributed by atoms with E-state index in [1.165, 1.54) is 0 Å². The first-order valence-corrected chi connectivity index (χ1v) is 6.71. The number of amides is 1. The summed E-state index contributed by atoms with van der Waals surface area (Å²) in [6.07, 6.45) is 3.27. The topological polar surface area (TPSA) is 59.5 Å². The smallest absolute Gasteiger partial charge is 0.289 e. The Kier molecular flexibility index (Phi) is 4.07. The van der Waals surface area contributed by atoms with Gasteiger partial charge in [-0.3, -0.25) is 4.79 Å². The molecule has 0 saturated heterocycles. The van der Waals surface area contributed by atoms with Crippen LogP contribution in [0.4, 0.5) is 0 Å². The zero-order valence-electron chi connectivity index (χ0n) is 11.2. The first-order chi connectivity index (χ1) is 8.61. The number of hydrogen-bond donors (Lipinski definition) is 1. The zero-order chi connectivity index (χ0) is 13.1. The summed E-state index contributed by atoms with van der Waals surface area (Å²) in [7, 11) is 0. The Labute approximate surface area is 108 Å². The number of nitrogens with zero attached hydrogens (tertiary/aromatic N) is 1. The molecule has 1 aromatic rings. The molecule has 18 heavy (non-hydrogen) atoms. The molecule has 100 valence electrons. The molecule has 1 fully saturated rings. The molecular formula is C14H22N2O2. The maximum atomic E-state index is 12.4. The Morgan fingerprint density at radius 2 is 2.22 bits per heavy atom. The highest BCUT2D eigenvalue weighted by atomic mass is 16.4. The molecule has 1 saturated carbocycles. The van der Waals surface area contributed by atoms with Gasteiger partial charge in [0, 0.05) is 12.6 Å². The van der Waals surface area contributed by atoms with E-state index in [1.807, 2.05) is 4.90 Å². The van der Waals surface area contributed by atoms with Gasteiger partial charge in [0.05, 0.1) is 6.54 Å². The van der Waals surface area contributed by atoms with Crippen LogP contribution in [0, 0.1) is 5.92 Å². The fraction of sp³-hybridized carbons (Fsp3) is 0.643. The molecule has 0 aromatic carbocycles. The summed E-state index contributed by atoms with van der Waals surface area (Å²) in [6.45, 7) is 5.51. The molecule has 4 heteroatoms. The van der Waals surface area contributed by atoms with E-state index in [9.17, 15) is 4.79 Å². The zero-order valence-corrected chi connectivity index (χ0v) is 11.2. The van der Waals surface area contributed by atoms with Gasteiger partial charge in [-0.15, -0.1) is 0 Å². The van der Waals surface area contributed by atoms with Crippen molar-refractivity contribution in [1.29, 1.82) is 0 Å². The van der Waals surface area contributed by atoms with Crippen molar-refractivity contribution in [3.8, 4) is 0 Å². The standard InChI is InChI=1S/C14H22N2O2/c1-10(2)7-8-16(11-3-4-11)14(17)13-6-5-12(9-15)18-13/h5-6,10-11H,3-4,7-9,15H2,1-2H3. The normalized spacial score (nSPS) is 15.1. The second kappa shape index (κ2) is 5.57. The fourth-order valence-electron chi connectivity index (χ4n) is 1.98. The molecule has 1 amide bonds. The number of nitrogens with two attached hydrogens (primary N) is 1. The predicted octanol–water partition coefficient (Wildman–Crippen LogP) is 2.39. The summed E-state index contributed by atoms with van der Waals surface area (Å²) in [4.78, 5) is 14.3. The highest BCUT2D eigenvalue weighted by Crippen LogP contribution is 2.29. The van der Waals surface area contributed by atoms with E-state index in [2.05, 4.69) is 13.8 Å². The quantitative estimate of drug-likeness (QED) is 0.843. The lowest BCUT2D eigenvalue weighted by Crippen LogP contribution is -2.34. The number of hydrogen-bond acceptors (Lipinski definition) is 3. The lowest BCUT2D eigenvalue weighted by atomic mass is 10.1. The summed E-state index contributed by atoms with van der Waals surface area (Å²) in [5.74, 6) is 1.71. The summed E-state index contributed by atoms with van der Waals surface area (Å²) < 4.78 is 5.44. The molecule has 0 unspecified atom stereocenters. The Morgan fingerprint density at radius 3 is 2.72 bits per heavy atom. The Morgan fingerprint density at radius 1 is 1.50 bits per heavy atom. The van der Waals surface area contributed by atoms with Gasteiger partial charge in [-0.05, 0) is 37.3 Å². The first kappa shape index (κ1) is 13.1. The van der Waals surface area contributed by atoms with E-state index in [1.54, 1.807) is 12.1 Å². The van der Waals surface area contributed by atoms with E-state index in [-0.39, 0.29) is 5.91 Å². The average molecular weight is 250 g/mol. The third kappa shape index (κ3) is 3.13. The van der Waals surface area contributed by atoms with Crippen molar-refractivity contribution < 1.29 is 9.21 Å². The van der Waals surface area contributed by atoms with Crippen molar-refractivity contribution >= 4 is 5.91 Å². The Bertz CT molecular complexity index is 408. The van der Waals surface area contributed by atoms with Gasteiger partial charge < -0.3 is 15.1 Å². The van der Waals surface area contributed by atoms with Gasteiger partial charge in [0.1, 0.15) is 5.76 Å². The minimum Gasteiger partial charge on any atom is -0.455 e. The van der Waals surface area contributed by atoms with Crippen LogP contribution in [0.2, 0.25) is 0 Å². The van der Waals surface area contributed by atoms with E-state index in [0.717, 1.165) is 25.8 Å². The van der Waals surface area contributed by atoms with Crippen molar-refractivity contribution in [2.45, 2.75) is 45.7 Å². The molecular weight excluding hydrogens is 228 g/mol. The molecule has 0 aliphatic heterocycles. The highest BCUT2D eigenvalue weighted by molar-refractivity contribution is 5.92. The van der Waals surface area contributed by atoms with Gasteiger partial charge in [0.25, 0.3) is 5.91 Å². The molecule has 4 nitrogen and oxygen atoms in total. The van der Waals surface area contributed by atoms with Crippen LogP contribution >= 0.6 is 0 Å². The van der Waals surface area contributed by atoms with E-state index >= 15 is 0 Å². The second-order valence-electron chi connectivity index (χ2n) is 5.38. The molecule has 1 aliphatic carbocycles. The predicted molar refractivity (Wildman–Crippen MR) is 70.1 cm³/mol. The van der Waals surface area contributed by atoms with Crippen molar-refractivity contribution in [2.75, 3.05) is 6.54 Å². The minimum absolute atomic E-state index is 0.0119. The number of carbonyl (C=O) groups is 1. The first-order valence-electron chi connectivity index (χ1n) is 6.71. The van der Waals surface area contributed by atoms with Gasteiger partial charge in [-0.25, -0.2) is 0 Å². The van der Waals surface area contributed by atoms with Crippen LogP contribution in [-0.4, -0.2) is 23.4 Å². The van der Waals surface area contributed by atoms with Crippen molar-refractivity contribution in [3.05, 3.63) is 23.7 Å². The Balaban J connectivity index is 2.03. The SMILES string of the molecule is CC(C)CCN(C(=O)c1ccc(CN)o1)C1CC1. The molecule has 1 heterocycles. The molecule has 0 atom stereocenters. The molecule has 0 radical (unpaired) electrons. The van der Waals surface area contributed by atoms with Crippen LogP contribution in [0.5, 0.6) is 0 Å². The summed E-state index contributed by atoms with van der Waals surface area (Å²) in [5, 5.41) is 0. The molecule has 1 aromatic heterocycles. The van der Waals surface area contributed by atoms with Gasteiger partial charge in [-0.1, -0.05) is 13.8 Å². The van der Waals surface area contributed by atoms with Crippen LogP contribution in [0.15, 0.2) is 16.5 Å². The molecule has 0 spiro atoms. The monoisotopic (exact) mass is 250 g/mol. The molecule has 2 rings (SSSR count). The lowest BCUT2D eigenvalue weighted by molar-refractivity contribution is 0.0701. The third-order valence-corrected chi connectivity index (χ3v) is 3.27. The van der Waals surface area contributed by atoms with Crippen LogP contribution in [-0.2, 0) is 6.54 Å². The van der Waals surface area contributed by atoms with Crippen molar-refractivity contribution in [2.24, 2.45) is 11.7 Å².